The molecule has 1 aliphatic rings. The smallest absolute Gasteiger partial charge is 0.212 e. The average Bonchev–Trinajstić information content (AvgIpc) is 2.90. The first-order chi connectivity index (χ1) is 7.84. The predicted molar refractivity (Wildman–Crippen MR) is 71.4 cm³/mol. The fraction of sp³-hybridized carbons (Fsp3) is 0.273. The molecule has 3 rings (SSSR count). The highest BCUT2D eigenvalue weighted by molar-refractivity contribution is 5.91. The lowest BCUT2D eigenvalue weighted by molar-refractivity contribution is 0.831. The molecule has 1 aliphatic heterocycles. The van der Waals surface area contributed by atoms with Crippen molar-refractivity contribution in [1.29, 1.82) is 0 Å². The highest BCUT2D eigenvalue weighted by Gasteiger charge is 2.08. The van der Waals surface area contributed by atoms with E-state index in [0.29, 0.717) is 0 Å². The second-order valence-electron chi connectivity index (χ2n) is 3.83. The van der Waals surface area contributed by atoms with Crippen LogP contribution in [0.4, 0.5) is 0 Å². The molecule has 0 atom stereocenters. The lowest BCUT2D eigenvalue weighted by atomic mass is 10.1. The van der Waals surface area contributed by atoms with E-state index in [1.54, 1.807) is 4.79 Å². The van der Waals surface area contributed by atoms with Gasteiger partial charge in [0.05, 0.1) is 18.3 Å². The summed E-state index contributed by atoms with van der Waals surface area (Å²) in [5, 5.41) is 8.62. The van der Waals surface area contributed by atoms with E-state index in [4.69, 9.17) is 0 Å². The predicted octanol–water partition coefficient (Wildman–Crippen LogP) is 1.27. The van der Waals surface area contributed by atoms with Gasteiger partial charge in [0.1, 0.15) is 0 Å². The maximum Gasteiger partial charge on any atom is 0.212 e. The number of halogens is 1. The highest BCUT2D eigenvalue weighted by Crippen LogP contribution is 2.16. The zero-order valence-electron chi connectivity index (χ0n) is 9.47. The maximum absolute atomic E-state index is 4.30. The van der Waals surface area contributed by atoms with E-state index in [0.717, 1.165) is 30.0 Å². The number of nitrogens with one attached hydrogen (secondary N) is 2. The van der Waals surface area contributed by atoms with Crippen molar-refractivity contribution in [3.8, 4) is 0 Å². The first-order valence-corrected chi connectivity index (χ1v) is 5.33. The normalized spacial score (nSPS) is 14.1. The summed E-state index contributed by atoms with van der Waals surface area (Å²) in [6.07, 6.45) is 1.87. The van der Waals surface area contributed by atoms with Crippen molar-refractivity contribution in [3.63, 3.8) is 0 Å². The average molecular weight is 252 g/mol. The number of aromatic nitrogens is 2. The molecule has 0 radical (unpaired) electrons. The molecule has 0 aliphatic carbocycles. The molecule has 0 bridgehead atoms. The fourth-order valence-electron chi connectivity index (χ4n) is 1.86. The number of hydrogen-bond acceptors (Lipinski definition) is 4. The van der Waals surface area contributed by atoms with Crippen LogP contribution in [-0.2, 0) is 0 Å². The van der Waals surface area contributed by atoms with Gasteiger partial charge in [-0.25, -0.2) is 10.4 Å². The molecule has 0 spiro atoms. The van der Waals surface area contributed by atoms with Crippen molar-refractivity contribution in [1.82, 2.24) is 15.2 Å². The van der Waals surface area contributed by atoms with Crippen molar-refractivity contribution in [2.24, 2.45) is 4.99 Å². The van der Waals surface area contributed by atoms with E-state index in [2.05, 4.69) is 33.8 Å². The van der Waals surface area contributed by atoms with Gasteiger partial charge >= 0.3 is 0 Å². The van der Waals surface area contributed by atoms with Gasteiger partial charge < -0.3 is 5.32 Å². The monoisotopic (exact) mass is 251 g/mol. The SMILES string of the molecule is Cc1cccc2c1cnn2NC1=NCCN1.Cl. The second kappa shape index (κ2) is 4.63. The number of nitrogens with zero attached hydrogens (tertiary/aromatic N) is 3. The number of hydrogen-bond donors (Lipinski definition) is 2. The number of fused-ring (bicyclic) bond motifs is 1. The molecule has 6 heteroatoms. The van der Waals surface area contributed by atoms with Crippen LogP contribution in [0, 0.1) is 6.92 Å². The minimum Gasteiger partial charge on any atom is -0.353 e. The Morgan fingerprint density at radius 3 is 3.06 bits per heavy atom. The van der Waals surface area contributed by atoms with Crippen LogP contribution in [0.25, 0.3) is 10.9 Å². The minimum absolute atomic E-state index is 0. The van der Waals surface area contributed by atoms with Crippen LogP contribution in [0.5, 0.6) is 0 Å². The Kier molecular flexibility index (Phi) is 3.19. The molecule has 17 heavy (non-hydrogen) atoms. The summed E-state index contributed by atoms with van der Waals surface area (Å²) in [6, 6.07) is 6.15. The largest absolute Gasteiger partial charge is 0.353 e. The molecule has 0 saturated heterocycles. The van der Waals surface area contributed by atoms with E-state index in [9.17, 15) is 0 Å². The molecule has 0 unspecified atom stereocenters. The zero-order valence-corrected chi connectivity index (χ0v) is 10.3. The van der Waals surface area contributed by atoms with E-state index in [1.807, 2.05) is 18.3 Å². The van der Waals surface area contributed by atoms with Crippen LogP contribution in [0.3, 0.4) is 0 Å². The molecule has 0 fully saturated rings. The van der Waals surface area contributed by atoms with Crippen LogP contribution in [0.15, 0.2) is 29.4 Å². The van der Waals surface area contributed by atoms with Gasteiger partial charge in [-0.05, 0) is 18.6 Å². The van der Waals surface area contributed by atoms with Crippen LogP contribution >= 0.6 is 12.4 Å². The fourth-order valence-corrected chi connectivity index (χ4v) is 1.86. The van der Waals surface area contributed by atoms with Crippen molar-refractivity contribution in [3.05, 3.63) is 30.0 Å². The van der Waals surface area contributed by atoms with Gasteiger partial charge in [0.15, 0.2) is 0 Å². The molecule has 1 aromatic heterocycles. The molecule has 1 aromatic carbocycles. The molecule has 0 saturated carbocycles. The third kappa shape index (κ3) is 2.06. The number of benzene rings is 1. The van der Waals surface area contributed by atoms with Crippen molar-refractivity contribution < 1.29 is 0 Å². The van der Waals surface area contributed by atoms with Gasteiger partial charge in [0.2, 0.25) is 5.96 Å². The molecule has 2 heterocycles. The molecule has 2 N–H and O–H groups in total. The van der Waals surface area contributed by atoms with E-state index < -0.39 is 0 Å². The molecular formula is C11H14ClN5. The highest BCUT2D eigenvalue weighted by atomic mass is 35.5. The number of aryl methyl sites for hydroxylation is 1. The Bertz CT molecular complexity index is 560. The molecule has 2 aromatic rings. The Morgan fingerprint density at radius 1 is 1.41 bits per heavy atom. The third-order valence-corrected chi connectivity index (χ3v) is 2.72. The quantitative estimate of drug-likeness (QED) is 0.803. The Hall–Kier alpha value is -1.75. The van der Waals surface area contributed by atoms with Gasteiger partial charge in [-0.2, -0.15) is 9.89 Å². The minimum atomic E-state index is 0. The Labute approximate surface area is 105 Å². The van der Waals surface area contributed by atoms with Crippen molar-refractivity contribution in [2.45, 2.75) is 6.92 Å². The lowest BCUT2D eigenvalue weighted by Gasteiger charge is -2.07. The summed E-state index contributed by atoms with van der Waals surface area (Å²) in [6.45, 7) is 3.79. The van der Waals surface area contributed by atoms with Gasteiger partial charge in [-0.1, -0.05) is 12.1 Å². The van der Waals surface area contributed by atoms with Crippen LogP contribution in [0.2, 0.25) is 0 Å². The van der Waals surface area contributed by atoms with Crippen LogP contribution in [0.1, 0.15) is 5.56 Å². The maximum atomic E-state index is 4.30. The summed E-state index contributed by atoms with van der Waals surface area (Å²) in [7, 11) is 0. The summed E-state index contributed by atoms with van der Waals surface area (Å²) >= 11 is 0. The van der Waals surface area contributed by atoms with Gasteiger partial charge in [0.25, 0.3) is 0 Å². The van der Waals surface area contributed by atoms with Gasteiger partial charge in [-0.15, -0.1) is 12.4 Å². The molecule has 90 valence electrons. The first kappa shape index (κ1) is 11.7. The number of guanidine groups is 1. The summed E-state index contributed by atoms with van der Waals surface area (Å²) in [4.78, 5) is 6.02. The molecule has 5 nitrogen and oxygen atoms in total. The number of rotatable bonds is 1. The van der Waals surface area contributed by atoms with Crippen LogP contribution < -0.4 is 10.7 Å². The topological polar surface area (TPSA) is 54.2 Å². The molecule has 0 amide bonds. The van der Waals surface area contributed by atoms with Crippen molar-refractivity contribution in [2.75, 3.05) is 18.5 Å². The van der Waals surface area contributed by atoms with E-state index in [-0.39, 0.29) is 12.4 Å². The van der Waals surface area contributed by atoms with Gasteiger partial charge in [0, 0.05) is 11.9 Å². The third-order valence-electron chi connectivity index (χ3n) is 2.72. The number of aliphatic imine (C=N–C) groups is 1. The standard InChI is InChI=1S/C11H13N5.ClH/c1-8-3-2-4-10-9(8)7-14-16(10)15-11-12-5-6-13-11;/h2-4,7H,5-6H2,1H3,(H2,12,13,15);1H. The Morgan fingerprint density at radius 2 is 2.29 bits per heavy atom. The van der Waals surface area contributed by atoms with Gasteiger partial charge in [-0.3, -0.25) is 0 Å². The summed E-state index contributed by atoms with van der Waals surface area (Å²) in [5.74, 6) is 0.784. The van der Waals surface area contributed by atoms with E-state index in [1.165, 1.54) is 5.56 Å². The zero-order chi connectivity index (χ0) is 11.0. The summed E-state index contributed by atoms with van der Waals surface area (Å²) in [5.41, 5.74) is 5.43. The van der Waals surface area contributed by atoms with E-state index >= 15 is 0 Å². The molecular weight excluding hydrogens is 238 g/mol. The first-order valence-electron chi connectivity index (χ1n) is 5.33. The van der Waals surface area contributed by atoms with Crippen LogP contribution in [-0.4, -0.2) is 28.9 Å². The Balaban J connectivity index is 0.00000108. The van der Waals surface area contributed by atoms with Crippen molar-refractivity contribution >= 4 is 29.3 Å². The second-order valence-corrected chi connectivity index (χ2v) is 3.83. The lowest BCUT2D eigenvalue weighted by Crippen LogP contribution is -2.32. The summed E-state index contributed by atoms with van der Waals surface area (Å²) < 4.78 is 0.